The fourth-order valence-electron chi connectivity index (χ4n) is 2.49. The van der Waals surface area contributed by atoms with Crippen LogP contribution in [0.2, 0.25) is 5.02 Å². The molecular formula is C14H19ClFN3O. The van der Waals surface area contributed by atoms with Gasteiger partial charge in [0.25, 0.3) is 0 Å². The average Bonchev–Trinajstić information content (AvgIpc) is 2.42. The minimum atomic E-state index is -0.328. The lowest BCUT2D eigenvalue weighted by Crippen LogP contribution is -2.48. The molecule has 0 saturated carbocycles. The number of piperidine rings is 1. The molecule has 1 amide bonds. The summed E-state index contributed by atoms with van der Waals surface area (Å²) in [5.41, 5.74) is 6.20. The van der Waals surface area contributed by atoms with Crippen LogP contribution in [0.25, 0.3) is 0 Å². The lowest BCUT2D eigenvalue weighted by molar-refractivity contribution is -0.120. The van der Waals surface area contributed by atoms with Crippen LogP contribution in [0.3, 0.4) is 0 Å². The molecular weight excluding hydrogens is 281 g/mol. The highest BCUT2D eigenvalue weighted by atomic mass is 35.5. The van der Waals surface area contributed by atoms with Crippen LogP contribution in [0.15, 0.2) is 18.2 Å². The first kappa shape index (κ1) is 15.2. The minimum absolute atomic E-state index is 0.0142. The summed E-state index contributed by atoms with van der Waals surface area (Å²) < 4.78 is 13.0. The number of amides is 1. The minimum Gasteiger partial charge on any atom is -0.351 e. The van der Waals surface area contributed by atoms with Crippen molar-refractivity contribution < 1.29 is 9.18 Å². The number of nitrogens with two attached hydrogens (primary N) is 1. The van der Waals surface area contributed by atoms with Crippen LogP contribution in [0, 0.1) is 5.82 Å². The van der Waals surface area contributed by atoms with Gasteiger partial charge in [-0.3, -0.25) is 9.69 Å². The Morgan fingerprint density at radius 3 is 3.05 bits per heavy atom. The molecule has 1 heterocycles. The Morgan fingerprint density at radius 1 is 1.55 bits per heavy atom. The first-order chi connectivity index (χ1) is 9.58. The van der Waals surface area contributed by atoms with E-state index in [0.29, 0.717) is 11.6 Å². The van der Waals surface area contributed by atoms with Gasteiger partial charge in [0, 0.05) is 24.2 Å². The van der Waals surface area contributed by atoms with Gasteiger partial charge in [-0.05, 0) is 37.1 Å². The predicted octanol–water partition coefficient (Wildman–Crippen LogP) is 1.52. The lowest BCUT2D eigenvalue weighted by atomic mass is 10.0. The van der Waals surface area contributed by atoms with E-state index >= 15 is 0 Å². The van der Waals surface area contributed by atoms with Gasteiger partial charge >= 0.3 is 0 Å². The van der Waals surface area contributed by atoms with Gasteiger partial charge in [-0.2, -0.15) is 0 Å². The maximum absolute atomic E-state index is 13.0. The molecule has 1 fully saturated rings. The quantitative estimate of drug-likeness (QED) is 0.886. The summed E-state index contributed by atoms with van der Waals surface area (Å²) in [7, 11) is 0. The second-order valence-corrected chi connectivity index (χ2v) is 5.49. The highest BCUT2D eigenvalue weighted by molar-refractivity contribution is 6.31. The zero-order valence-electron chi connectivity index (χ0n) is 11.2. The molecule has 1 atom stereocenters. The van der Waals surface area contributed by atoms with Gasteiger partial charge in [0.1, 0.15) is 5.82 Å². The number of hydrogen-bond acceptors (Lipinski definition) is 3. The Balaban J connectivity index is 1.94. The number of carbonyl (C=O) groups is 1. The Hall–Kier alpha value is -1.17. The molecule has 0 aromatic heterocycles. The van der Waals surface area contributed by atoms with Gasteiger partial charge in [-0.25, -0.2) is 4.39 Å². The van der Waals surface area contributed by atoms with Crippen LogP contribution < -0.4 is 11.1 Å². The summed E-state index contributed by atoms with van der Waals surface area (Å²) in [6.45, 7) is 2.39. The van der Waals surface area contributed by atoms with Crippen LogP contribution in [-0.2, 0) is 11.3 Å². The highest BCUT2D eigenvalue weighted by Gasteiger charge is 2.21. The number of nitrogens with one attached hydrogen (secondary N) is 1. The summed E-state index contributed by atoms with van der Waals surface area (Å²) in [6.07, 6.45) is 1.97. The first-order valence-electron chi connectivity index (χ1n) is 6.74. The third-order valence-corrected chi connectivity index (χ3v) is 3.82. The maximum atomic E-state index is 13.0. The number of rotatable bonds is 4. The molecule has 1 aliphatic rings. The predicted molar refractivity (Wildman–Crippen MR) is 76.9 cm³/mol. The van der Waals surface area contributed by atoms with E-state index in [-0.39, 0.29) is 24.3 Å². The van der Waals surface area contributed by atoms with E-state index in [4.69, 9.17) is 17.3 Å². The van der Waals surface area contributed by atoms with E-state index in [0.717, 1.165) is 31.5 Å². The topological polar surface area (TPSA) is 58.4 Å². The Kier molecular flexibility index (Phi) is 5.34. The van der Waals surface area contributed by atoms with Gasteiger partial charge in [-0.15, -0.1) is 0 Å². The average molecular weight is 300 g/mol. The van der Waals surface area contributed by atoms with Gasteiger partial charge in [0.2, 0.25) is 5.91 Å². The molecule has 1 aromatic carbocycles. The van der Waals surface area contributed by atoms with Crippen LogP contribution >= 0.6 is 11.6 Å². The summed E-state index contributed by atoms with van der Waals surface area (Å²) in [5.74, 6) is -0.456. The molecule has 0 radical (unpaired) electrons. The van der Waals surface area contributed by atoms with Crippen molar-refractivity contribution in [2.75, 3.05) is 19.6 Å². The van der Waals surface area contributed by atoms with Crippen molar-refractivity contribution in [3.05, 3.63) is 34.6 Å². The first-order valence-corrected chi connectivity index (χ1v) is 7.12. The Labute approximate surface area is 123 Å². The van der Waals surface area contributed by atoms with Crippen LogP contribution in [-0.4, -0.2) is 36.5 Å². The van der Waals surface area contributed by atoms with E-state index in [1.807, 2.05) is 0 Å². The Bertz CT molecular complexity index is 483. The second-order valence-electron chi connectivity index (χ2n) is 5.08. The van der Waals surface area contributed by atoms with Gasteiger partial charge in [0.15, 0.2) is 0 Å². The van der Waals surface area contributed by atoms with Gasteiger partial charge in [0.05, 0.1) is 6.54 Å². The van der Waals surface area contributed by atoms with Crippen molar-refractivity contribution in [3.8, 4) is 0 Å². The highest BCUT2D eigenvalue weighted by Crippen LogP contribution is 2.21. The molecule has 1 aliphatic heterocycles. The maximum Gasteiger partial charge on any atom is 0.233 e. The molecule has 20 heavy (non-hydrogen) atoms. The van der Waals surface area contributed by atoms with Crippen LogP contribution in [0.5, 0.6) is 0 Å². The molecule has 1 saturated heterocycles. The molecule has 6 heteroatoms. The van der Waals surface area contributed by atoms with E-state index in [1.54, 1.807) is 6.07 Å². The van der Waals surface area contributed by atoms with Crippen LogP contribution in [0.4, 0.5) is 4.39 Å². The van der Waals surface area contributed by atoms with Crippen molar-refractivity contribution in [2.45, 2.75) is 25.4 Å². The molecule has 1 aromatic rings. The number of benzene rings is 1. The monoisotopic (exact) mass is 299 g/mol. The number of nitrogens with zero attached hydrogens (tertiary/aromatic N) is 1. The molecule has 110 valence electrons. The van der Waals surface area contributed by atoms with Gasteiger partial charge < -0.3 is 11.1 Å². The smallest absolute Gasteiger partial charge is 0.233 e. The number of likely N-dealkylation sites (tertiary alicyclic amines) is 1. The zero-order valence-corrected chi connectivity index (χ0v) is 12.0. The zero-order chi connectivity index (χ0) is 14.5. The van der Waals surface area contributed by atoms with Crippen molar-refractivity contribution in [3.63, 3.8) is 0 Å². The standard InChI is InChI=1S/C14H19ClFN3O/c15-13-6-11(16)4-3-10(13)8-19-5-1-2-12(9-19)18-14(20)7-17/h3-4,6,12H,1-2,5,7-9,17H2,(H,18,20)/t12-/m0/s1. The molecule has 3 N–H and O–H groups in total. The third-order valence-electron chi connectivity index (χ3n) is 3.47. The normalized spacial score (nSPS) is 19.9. The fraction of sp³-hybridized carbons (Fsp3) is 0.500. The molecule has 0 unspecified atom stereocenters. The van der Waals surface area contributed by atoms with Crippen molar-refractivity contribution in [1.29, 1.82) is 0 Å². The Morgan fingerprint density at radius 2 is 2.35 bits per heavy atom. The SMILES string of the molecule is NCC(=O)N[C@H]1CCCN(Cc2ccc(F)cc2Cl)C1. The third kappa shape index (κ3) is 4.16. The van der Waals surface area contributed by atoms with Crippen LogP contribution in [0.1, 0.15) is 18.4 Å². The van der Waals surface area contributed by atoms with Crippen molar-refractivity contribution in [2.24, 2.45) is 5.73 Å². The lowest BCUT2D eigenvalue weighted by Gasteiger charge is -2.33. The summed E-state index contributed by atoms with van der Waals surface area (Å²) in [6, 6.07) is 4.58. The summed E-state index contributed by atoms with van der Waals surface area (Å²) in [5, 5.41) is 3.35. The fourth-order valence-corrected chi connectivity index (χ4v) is 2.72. The largest absolute Gasteiger partial charge is 0.351 e. The number of carbonyl (C=O) groups excluding carboxylic acids is 1. The van der Waals surface area contributed by atoms with E-state index < -0.39 is 0 Å². The van der Waals surface area contributed by atoms with Crippen molar-refractivity contribution in [1.82, 2.24) is 10.2 Å². The molecule has 2 rings (SSSR count). The number of hydrogen-bond donors (Lipinski definition) is 2. The molecule has 0 bridgehead atoms. The molecule has 0 spiro atoms. The summed E-state index contributed by atoms with van der Waals surface area (Å²) in [4.78, 5) is 13.5. The van der Waals surface area contributed by atoms with Gasteiger partial charge in [-0.1, -0.05) is 17.7 Å². The van der Waals surface area contributed by atoms with E-state index in [1.165, 1.54) is 12.1 Å². The summed E-state index contributed by atoms with van der Waals surface area (Å²) >= 11 is 6.04. The van der Waals surface area contributed by atoms with E-state index in [9.17, 15) is 9.18 Å². The second kappa shape index (κ2) is 7.02. The molecule has 0 aliphatic carbocycles. The number of halogens is 2. The van der Waals surface area contributed by atoms with E-state index in [2.05, 4.69) is 10.2 Å². The van der Waals surface area contributed by atoms with Crippen molar-refractivity contribution >= 4 is 17.5 Å². The molecule has 4 nitrogen and oxygen atoms in total.